The highest BCUT2D eigenvalue weighted by molar-refractivity contribution is 5.41. The van der Waals surface area contributed by atoms with E-state index in [4.69, 9.17) is 34.2 Å². The average molecular weight is 554 g/mol. The van der Waals surface area contributed by atoms with Gasteiger partial charge in [0.25, 0.3) is 0 Å². The van der Waals surface area contributed by atoms with Crippen LogP contribution < -0.4 is 10.5 Å². The number of nitrogens with two attached hydrogens (primary N) is 1. The van der Waals surface area contributed by atoms with E-state index in [-0.39, 0.29) is 0 Å². The topological polar surface area (TPSA) is 81.4 Å². The van der Waals surface area contributed by atoms with Crippen LogP contribution in [0.5, 0.6) is 5.75 Å². The van der Waals surface area contributed by atoms with E-state index in [1.165, 1.54) is 83.5 Å². The summed E-state index contributed by atoms with van der Waals surface area (Å²) in [5.74, 6) is 0.790. The molecule has 0 aliphatic carbocycles. The molecule has 2 N–H and O–H groups in total. The average Bonchev–Trinajstić information content (AvgIpc) is 2.95. The molecule has 0 aliphatic rings. The first kappa shape index (κ1) is 35.6. The number of hydrogen-bond acceptors (Lipinski definition) is 7. The predicted molar refractivity (Wildman–Crippen MR) is 161 cm³/mol. The number of rotatable bonds is 31. The number of anilines is 1. The summed E-state index contributed by atoms with van der Waals surface area (Å²) in [5.41, 5.74) is 6.37. The number of hydrogen-bond donors (Lipinski definition) is 1. The fraction of sp³-hybridized carbons (Fsp3) is 0.812. The normalized spacial score (nSPS) is 11.3. The molecule has 0 amide bonds. The van der Waals surface area contributed by atoms with Gasteiger partial charge in [-0.15, -0.1) is 0 Å². The van der Waals surface area contributed by atoms with Crippen LogP contribution >= 0.6 is 0 Å². The Bertz CT molecular complexity index is 601. The van der Waals surface area contributed by atoms with Crippen molar-refractivity contribution in [3.63, 3.8) is 0 Å². The molecule has 0 fully saturated rings. The lowest BCUT2D eigenvalue weighted by atomic mass is 10.0. The SMILES string of the molecule is CCCCCCCCCCCCCCCCOCCOCCOCCOCCOCCOc1ccc(N)cc1. The van der Waals surface area contributed by atoms with Gasteiger partial charge < -0.3 is 34.2 Å². The highest BCUT2D eigenvalue weighted by atomic mass is 16.6. The number of benzene rings is 1. The molecule has 1 aromatic rings. The predicted octanol–water partition coefficient (Wildman–Crippen LogP) is 7.21. The molecule has 228 valence electrons. The molecule has 0 unspecified atom stereocenters. The Balaban J connectivity index is 1.64. The second-order valence-electron chi connectivity index (χ2n) is 10.1. The smallest absolute Gasteiger partial charge is 0.119 e. The Kier molecular flexibility index (Phi) is 27.1. The quantitative estimate of drug-likeness (QED) is 0.0768. The molecule has 0 spiro atoms. The summed E-state index contributed by atoms with van der Waals surface area (Å²) < 4.78 is 33.3. The first-order valence-electron chi connectivity index (χ1n) is 15.7. The molecule has 0 radical (unpaired) electrons. The summed E-state index contributed by atoms with van der Waals surface area (Å²) in [6.45, 7) is 8.76. The number of ether oxygens (including phenoxy) is 6. The lowest BCUT2D eigenvalue weighted by molar-refractivity contribution is -0.0128. The molecule has 0 heterocycles. The van der Waals surface area contributed by atoms with Gasteiger partial charge in [-0.2, -0.15) is 0 Å². The van der Waals surface area contributed by atoms with Crippen LogP contribution in [0, 0.1) is 0 Å². The van der Waals surface area contributed by atoms with E-state index in [9.17, 15) is 0 Å². The third kappa shape index (κ3) is 26.6. The van der Waals surface area contributed by atoms with Crippen molar-refractivity contribution in [2.45, 2.75) is 96.8 Å². The summed E-state index contributed by atoms with van der Waals surface area (Å²) in [5, 5.41) is 0. The van der Waals surface area contributed by atoms with E-state index < -0.39 is 0 Å². The highest BCUT2D eigenvalue weighted by Crippen LogP contribution is 2.13. The van der Waals surface area contributed by atoms with Gasteiger partial charge in [-0.1, -0.05) is 90.4 Å². The van der Waals surface area contributed by atoms with E-state index in [0.29, 0.717) is 66.1 Å². The summed E-state index contributed by atoms with van der Waals surface area (Å²) in [4.78, 5) is 0. The van der Waals surface area contributed by atoms with Crippen molar-refractivity contribution in [1.82, 2.24) is 0 Å². The second-order valence-corrected chi connectivity index (χ2v) is 10.1. The van der Waals surface area contributed by atoms with Gasteiger partial charge in [0.1, 0.15) is 12.4 Å². The Morgan fingerprint density at radius 1 is 0.410 bits per heavy atom. The Morgan fingerprint density at radius 3 is 1.15 bits per heavy atom. The maximum atomic E-state index is 5.66. The van der Waals surface area contributed by atoms with Crippen molar-refractivity contribution < 1.29 is 28.4 Å². The molecule has 0 aromatic heterocycles. The monoisotopic (exact) mass is 553 g/mol. The van der Waals surface area contributed by atoms with E-state index in [1.54, 1.807) is 0 Å². The molecule has 0 atom stereocenters. The van der Waals surface area contributed by atoms with Crippen molar-refractivity contribution in [3.05, 3.63) is 24.3 Å². The minimum absolute atomic E-state index is 0.498. The van der Waals surface area contributed by atoms with Gasteiger partial charge in [-0.3, -0.25) is 0 Å². The molecule has 0 saturated heterocycles. The lowest BCUT2D eigenvalue weighted by Gasteiger charge is -2.09. The Labute approximate surface area is 239 Å². The zero-order valence-corrected chi connectivity index (χ0v) is 25.0. The first-order valence-corrected chi connectivity index (χ1v) is 15.7. The second kappa shape index (κ2) is 29.6. The van der Waals surface area contributed by atoms with Crippen molar-refractivity contribution in [3.8, 4) is 5.75 Å². The van der Waals surface area contributed by atoms with Gasteiger partial charge in [0.15, 0.2) is 0 Å². The fourth-order valence-corrected chi connectivity index (χ4v) is 4.16. The third-order valence-electron chi connectivity index (χ3n) is 6.51. The number of unbranched alkanes of at least 4 members (excludes halogenated alkanes) is 13. The summed E-state index contributed by atoms with van der Waals surface area (Å²) >= 11 is 0. The molecule has 1 aromatic carbocycles. The van der Waals surface area contributed by atoms with Crippen LogP contribution in [-0.4, -0.2) is 72.7 Å². The van der Waals surface area contributed by atoms with Gasteiger partial charge in [-0.05, 0) is 30.7 Å². The minimum Gasteiger partial charge on any atom is -0.491 e. The summed E-state index contributed by atoms with van der Waals surface area (Å²) in [6.07, 6.45) is 19.3. The van der Waals surface area contributed by atoms with Gasteiger partial charge in [-0.25, -0.2) is 0 Å². The van der Waals surface area contributed by atoms with Crippen molar-refractivity contribution in [2.75, 3.05) is 78.4 Å². The molecule has 39 heavy (non-hydrogen) atoms. The fourth-order valence-electron chi connectivity index (χ4n) is 4.16. The lowest BCUT2D eigenvalue weighted by Crippen LogP contribution is -2.14. The van der Waals surface area contributed by atoms with Crippen molar-refractivity contribution in [2.24, 2.45) is 0 Å². The van der Waals surface area contributed by atoms with Crippen molar-refractivity contribution in [1.29, 1.82) is 0 Å². The van der Waals surface area contributed by atoms with Crippen molar-refractivity contribution >= 4 is 5.69 Å². The van der Waals surface area contributed by atoms with E-state index >= 15 is 0 Å². The zero-order valence-electron chi connectivity index (χ0n) is 25.0. The zero-order chi connectivity index (χ0) is 27.9. The standard InChI is InChI=1S/C32H59NO6/c1-2-3-4-5-6-7-8-9-10-11-12-13-14-15-20-34-21-22-35-23-24-36-25-26-37-27-28-38-29-30-39-32-18-16-31(33)17-19-32/h16-19H,2-15,20-30,33H2,1H3. The van der Waals surface area contributed by atoms with E-state index in [2.05, 4.69) is 6.92 Å². The Morgan fingerprint density at radius 2 is 0.744 bits per heavy atom. The van der Waals surface area contributed by atoms with Crippen LogP contribution in [0.4, 0.5) is 5.69 Å². The molecule has 0 aliphatic heterocycles. The first-order chi connectivity index (χ1) is 19.3. The van der Waals surface area contributed by atoms with Gasteiger partial charge in [0.05, 0.1) is 59.5 Å². The van der Waals surface area contributed by atoms with Crippen LogP contribution in [-0.2, 0) is 23.7 Å². The van der Waals surface area contributed by atoms with Crippen LogP contribution in [0.25, 0.3) is 0 Å². The van der Waals surface area contributed by atoms with E-state index in [0.717, 1.165) is 24.5 Å². The van der Waals surface area contributed by atoms with Crippen LogP contribution in [0.1, 0.15) is 96.8 Å². The van der Waals surface area contributed by atoms with Gasteiger partial charge in [0, 0.05) is 12.3 Å². The van der Waals surface area contributed by atoms with Gasteiger partial charge in [0.2, 0.25) is 0 Å². The molecule has 7 heteroatoms. The van der Waals surface area contributed by atoms with Crippen LogP contribution in [0.15, 0.2) is 24.3 Å². The van der Waals surface area contributed by atoms with E-state index in [1.807, 2.05) is 24.3 Å². The summed E-state index contributed by atoms with van der Waals surface area (Å²) in [7, 11) is 0. The molecule has 1 rings (SSSR count). The highest BCUT2D eigenvalue weighted by Gasteiger charge is 1.97. The molecule has 7 nitrogen and oxygen atoms in total. The number of nitrogen functional groups attached to an aromatic ring is 1. The van der Waals surface area contributed by atoms with Crippen LogP contribution in [0.2, 0.25) is 0 Å². The molecule has 0 saturated carbocycles. The Hall–Kier alpha value is -1.38. The maximum absolute atomic E-state index is 5.66. The maximum Gasteiger partial charge on any atom is 0.119 e. The summed E-state index contributed by atoms with van der Waals surface area (Å²) in [6, 6.07) is 7.32. The minimum atomic E-state index is 0.498. The molecular weight excluding hydrogens is 494 g/mol. The van der Waals surface area contributed by atoms with Gasteiger partial charge >= 0.3 is 0 Å². The third-order valence-corrected chi connectivity index (χ3v) is 6.51. The van der Waals surface area contributed by atoms with Crippen LogP contribution in [0.3, 0.4) is 0 Å². The largest absolute Gasteiger partial charge is 0.491 e. The molecular formula is C32H59NO6. The molecule has 0 bridgehead atoms.